The number of carbonyl (C=O) groups excluding carboxylic acids is 3. The van der Waals surface area contributed by atoms with E-state index in [4.69, 9.17) is 0 Å². The summed E-state index contributed by atoms with van der Waals surface area (Å²) in [6, 6.07) is 0. The van der Waals surface area contributed by atoms with E-state index in [-0.39, 0.29) is 38.1 Å². The van der Waals surface area contributed by atoms with Crippen molar-refractivity contribution in [1.29, 1.82) is 0 Å². The third kappa shape index (κ3) is 4.70. The van der Waals surface area contributed by atoms with E-state index in [0.29, 0.717) is 0 Å². The fourth-order valence-electron chi connectivity index (χ4n) is 0.496. The Kier molecular flexibility index (Phi) is 7.44. The first-order valence-electron chi connectivity index (χ1n) is 2.61. The van der Waals surface area contributed by atoms with Gasteiger partial charge in [-0.25, -0.2) is 0 Å². The molecule has 0 atom stereocenters. The van der Waals surface area contributed by atoms with Crippen LogP contribution < -0.4 is 0 Å². The Balaban J connectivity index is 0. The van der Waals surface area contributed by atoms with Gasteiger partial charge in [-0.1, -0.05) is 0 Å². The molecule has 0 aromatic carbocycles. The Hall–Kier alpha value is 0.315. The molecule has 0 rings (SSSR count). The molecule has 0 bridgehead atoms. The smallest absolute Gasteiger partial charge is 0 e. The Labute approximate surface area is 86.6 Å². The second-order valence-electron chi connectivity index (χ2n) is 1.57. The van der Waals surface area contributed by atoms with E-state index in [1.807, 2.05) is 0 Å². The second kappa shape index (κ2) is 5.90. The van der Waals surface area contributed by atoms with Crippen LogP contribution in [-0.2, 0) is 28.0 Å². The Bertz CT molecular complexity index is 157. The molecule has 5 heteroatoms. The zero-order valence-electron chi connectivity index (χ0n) is 6.56. The number of hydrogen-bond acceptors (Lipinski definition) is 3. The third-order valence-corrected chi connectivity index (χ3v) is 2.90. The maximum atomic E-state index is 10.6. The quantitative estimate of drug-likeness (QED) is 0.682. The molecule has 0 saturated carbocycles. The summed E-state index contributed by atoms with van der Waals surface area (Å²) >= 11 is -1.63. The molecule has 0 saturated heterocycles. The van der Waals surface area contributed by atoms with Gasteiger partial charge in [0.05, 0.1) is 0 Å². The van der Waals surface area contributed by atoms with Crippen molar-refractivity contribution in [2.75, 3.05) is 0 Å². The molecule has 0 unspecified atom stereocenters. The minimum Gasteiger partial charge on any atom is 0 e. The summed E-state index contributed by atoms with van der Waals surface area (Å²) in [5.74, 6) is 0. The van der Waals surface area contributed by atoms with E-state index in [9.17, 15) is 14.4 Å². The zero-order chi connectivity index (χ0) is 8.31. The monoisotopic (exact) mass is 308 g/mol. The van der Waals surface area contributed by atoms with Crippen LogP contribution in [0.25, 0.3) is 0 Å². The van der Waals surface area contributed by atoms with Gasteiger partial charge in [0.1, 0.15) is 0 Å². The molecule has 0 aromatic heterocycles. The third-order valence-electron chi connectivity index (χ3n) is 0.704. The van der Waals surface area contributed by atoms with Crippen LogP contribution >= 0.6 is 0 Å². The molecule has 0 aliphatic carbocycles. The zero-order valence-corrected chi connectivity index (χ0v) is 10.5. The number of rotatable bonds is 3. The van der Waals surface area contributed by atoms with E-state index >= 15 is 0 Å². The van der Waals surface area contributed by atoms with Crippen molar-refractivity contribution in [3.05, 3.63) is 0 Å². The average Bonchev–Trinajstić information content (AvgIpc) is 1.59. The van der Waals surface area contributed by atoms with Gasteiger partial charge >= 0.3 is 63.0 Å². The van der Waals surface area contributed by atoms with Crippen molar-refractivity contribution in [3.63, 3.8) is 0 Å². The van der Waals surface area contributed by atoms with Gasteiger partial charge < -0.3 is 0 Å². The van der Waals surface area contributed by atoms with Gasteiger partial charge in [0.2, 0.25) is 0 Å². The first-order valence-corrected chi connectivity index (χ1v) is 4.17. The normalized spacial score (nSPS) is 9.55. The summed E-state index contributed by atoms with van der Waals surface area (Å²) < 4.78 is -0.937. The maximum Gasteiger partial charge on any atom is 0 e. The van der Waals surface area contributed by atoms with Crippen LogP contribution in [0.3, 0.4) is 0 Å². The average molecular weight is 307 g/mol. The van der Waals surface area contributed by atoms with E-state index in [1.54, 1.807) is 0 Å². The van der Waals surface area contributed by atoms with E-state index in [0.717, 1.165) is 0 Å². The molecule has 0 aliphatic heterocycles. The van der Waals surface area contributed by atoms with Crippen LogP contribution in [0.15, 0.2) is 0 Å². The van der Waals surface area contributed by atoms with Gasteiger partial charge in [-0.2, -0.15) is 0 Å². The molecule has 0 amide bonds. The molecule has 0 aliphatic rings. The molecule has 64 valence electrons. The van der Waals surface area contributed by atoms with E-state index < -0.39 is 13.7 Å². The SMILES string of the molecule is C[C](=O)[Co]([C](C)=O)[C](C)=O.[Sn]. The molecule has 11 heavy (non-hydrogen) atoms. The van der Waals surface area contributed by atoms with E-state index in [2.05, 4.69) is 0 Å². The minimum absolute atomic E-state index is 0. The fourth-order valence-corrected chi connectivity index (χ4v) is 2.04. The number of hydrogen-bond donors (Lipinski definition) is 0. The van der Waals surface area contributed by atoms with Crippen LogP contribution in [0.4, 0.5) is 0 Å². The molecule has 0 aromatic rings. The van der Waals surface area contributed by atoms with Crippen molar-refractivity contribution < 1.29 is 28.0 Å². The molecule has 4 radical (unpaired) electrons. The minimum atomic E-state index is -1.63. The standard InChI is InChI=1S/3C2H3O.Co.Sn/c3*1-2-3;;/h3*1H3;;. The van der Waals surface area contributed by atoms with Gasteiger partial charge in [-0.05, 0) is 0 Å². The summed E-state index contributed by atoms with van der Waals surface area (Å²) in [5.41, 5.74) is 0. The largest absolute Gasteiger partial charge is 0 e. The van der Waals surface area contributed by atoms with Crippen LogP contribution in [0, 0.1) is 0 Å². The molecular weight excluding hydrogens is 298 g/mol. The molecule has 0 heterocycles. The van der Waals surface area contributed by atoms with Gasteiger partial charge in [-0.15, -0.1) is 0 Å². The molecule has 0 spiro atoms. The molecule has 3 nitrogen and oxygen atoms in total. The van der Waals surface area contributed by atoms with Crippen molar-refractivity contribution >= 4 is 38.1 Å². The number of carbonyl (C=O) groups is 3. The van der Waals surface area contributed by atoms with Crippen LogP contribution in [0.1, 0.15) is 20.8 Å². The topological polar surface area (TPSA) is 51.2 Å². The summed E-state index contributed by atoms with van der Waals surface area (Å²) in [4.78, 5) is 31.8. The predicted molar refractivity (Wildman–Crippen MR) is 37.8 cm³/mol. The summed E-state index contributed by atoms with van der Waals surface area (Å²) in [7, 11) is 0. The summed E-state index contributed by atoms with van der Waals surface area (Å²) in [6.07, 6.45) is 0. The molecule has 0 fully saturated rings. The summed E-state index contributed by atoms with van der Waals surface area (Å²) in [5, 5.41) is 0. The van der Waals surface area contributed by atoms with Crippen LogP contribution in [-0.4, -0.2) is 38.1 Å². The van der Waals surface area contributed by atoms with Crippen molar-refractivity contribution in [1.82, 2.24) is 0 Å². The van der Waals surface area contributed by atoms with E-state index in [1.165, 1.54) is 20.8 Å². The van der Waals surface area contributed by atoms with Gasteiger partial charge in [-0.3, -0.25) is 0 Å². The summed E-state index contributed by atoms with van der Waals surface area (Å²) in [6.45, 7) is 3.81. The Morgan fingerprint density at radius 2 is 1.00 bits per heavy atom. The Morgan fingerprint density at radius 3 is 1.00 bits per heavy atom. The first-order chi connectivity index (χ1) is 4.46. The van der Waals surface area contributed by atoms with Crippen molar-refractivity contribution in [2.45, 2.75) is 20.8 Å². The van der Waals surface area contributed by atoms with Gasteiger partial charge in [0, 0.05) is 23.9 Å². The molecule has 0 N–H and O–H groups in total. The van der Waals surface area contributed by atoms with Crippen molar-refractivity contribution in [2.24, 2.45) is 0 Å². The van der Waals surface area contributed by atoms with Crippen LogP contribution in [0.5, 0.6) is 0 Å². The first kappa shape index (κ1) is 13.9. The van der Waals surface area contributed by atoms with Gasteiger partial charge in [0.25, 0.3) is 0 Å². The van der Waals surface area contributed by atoms with Gasteiger partial charge in [0.15, 0.2) is 0 Å². The second-order valence-corrected chi connectivity index (χ2v) is 4.55. The maximum absolute atomic E-state index is 10.6. The fraction of sp³-hybridized carbons (Fsp3) is 0.500. The van der Waals surface area contributed by atoms with Crippen molar-refractivity contribution in [3.8, 4) is 0 Å². The van der Waals surface area contributed by atoms with Crippen LogP contribution in [0.2, 0.25) is 0 Å². The molecular formula is C6H9CoO3Sn. The Morgan fingerprint density at radius 1 is 0.818 bits per heavy atom. The predicted octanol–water partition coefficient (Wildman–Crippen LogP) is -0.137.